The summed E-state index contributed by atoms with van der Waals surface area (Å²) in [6.45, 7) is 6.37. The van der Waals surface area contributed by atoms with Crippen LogP contribution in [-0.4, -0.2) is 27.3 Å². The number of rotatable bonds is 9. The van der Waals surface area contributed by atoms with E-state index >= 15 is 0 Å². The number of hydrogen-bond donors (Lipinski definition) is 2. The number of unbranched alkanes of at least 4 members (excludes halogenated alkanes) is 1. The molecule has 0 aromatic heterocycles. The molecule has 0 spiro atoms. The summed E-state index contributed by atoms with van der Waals surface area (Å²) < 4.78 is 5.28. The first-order valence-electron chi connectivity index (χ1n) is 5.81. The van der Waals surface area contributed by atoms with Gasteiger partial charge >= 0.3 is 103 Å². The van der Waals surface area contributed by atoms with Crippen LogP contribution in [0.3, 0.4) is 0 Å². The molecule has 2 unspecified atom stereocenters. The van der Waals surface area contributed by atoms with Crippen LogP contribution in [-0.2, 0) is 22.9 Å². The molecule has 0 rings (SSSR count). The van der Waals surface area contributed by atoms with Crippen LogP contribution in [0.1, 0.15) is 46.5 Å². The quantitative estimate of drug-likeness (QED) is 0.487. The maximum absolute atomic E-state index is 9.93. The third kappa shape index (κ3) is 8.41. The molecule has 0 radical (unpaired) electrons. The summed E-state index contributed by atoms with van der Waals surface area (Å²) >= 11 is -0.688. The van der Waals surface area contributed by atoms with Crippen molar-refractivity contribution in [3.05, 3.63) is 0 Å². The van der Waals surface area contributed by atoms with Crippen LogP contribution in [0, 0.1) is 5.92 Å². The first-order valence-corrected chi connectivity index (χ1v) is 7.35. The van der Waals surface area contributed by atoms with Crippen molar-refractivity contribution in [3.8, 4) is 0 Å². The molecule has 2 atom stereocenters. The standard InChI is InChI=1S/C8H17O2.C3H7O.Ti/c1-2-8(7-10)5-3-4-6-9;1-3(2)4;/h7-10H,2-6H2,1H3;3H,1-2H3;/q;-1;+1. The second kappa shape index (κ2) is 9.79. The molecule has 0 aliphatic heterocycles. The van der Waals surface area contributed by atoms with E-state index in [9.17, 15) is 5.11 Å². The number of aliphatic hydroxyl groups excluding tert-OH is 2. The molecule has 0 saturated heterocycles. The van der Waals surface area contributed by atoms with Crippen LogP contribution in [0.15, 0.2) is 0 Å². The van der Waals surface area contributed by atoms with Crippen molar-refractivity contribution >= 4 is 0 Å². The fraction of sp³-hybridized carbons (Fsp3) is 1.00. The molecular weight excluding hydrogens is 228 g/mol. The summed E-state index contributed by atoms with van der Waals surface area (Å²) in [5.41, 5.74) is 0. The fourth-order valence-corrected chi connectivity index (χ4v) is 2.98. The molecule has 0 aromatic rings. The Morgan fingerprint density at radius 1 is 1.27 bits per heavy atom. The molecule has 0 heterocycles. The molecule has 0 fully saturated rings. The van der Waals surface area contributed by atoms with E-state index in [1.54, 1.807) is 0 Å². The van der Waals surface area contributed by atoms with Crippen molar-refractivity contribution in [2.75, 3.05) is 6.61 Å². The van der Waals surface area contributed by atoms with Gasteiger partial charge < -0.3 is 0 Å². The zero-order chi connectivity index (χ0) is 11.7. The molecule has 4 heteroatoms. The third-order valence-corrected chi connectivity index (χ3v) is 4.44. The zero-order valence-corrected chi connectivity index (χ0v) is 11.6. The van der Waals surface area contributed by atoms with E-state index in [1.165, 1.54) is 0 Å². The Morgan fingerprint density at radius 3 is 2.40 bits per heavy atom. The van der Waals surface area contributed by atoms with Gasteiger partial charge in [-0.1, -0.05) is 0 Å². The normalized spacial score (nSPS) is 15.3. The molecule has 2 N–H and O–H groups in total. The van der Waals surface area contributed by atoms with E-state index in [0.717, 1.165) is 25.7 Å². The number of hydrogen-bond acceptors (Lipinski definition) is 3. The molecule has 0 bridgehead atoms. The van der Waals surface area contributed by atoms with Gasteiger partial charge in [-0.25, -0.2) is 0 Å². The minimum absolute atomic E-state index is 0.231. The van der Waals surface area contributed by atoms with Gasteiger partial charge in [-0.3, -0.25) is 0 Å². The molecule has 0 amide bonds. The Hall–Kier alpha value is 0.594. The average molecular weight is 252 g/mol. The fourth-order valence-electron chi connectivity index (χ4n) is 1.41. The second-order valence-electron chi connectivity index (χ2n) is 4.12. The van der Waals surface area contributed by atoms with Crippen molar-refractivity contribution < 1.29 is 33.1 Å². The Morgan fingerprint density at radius 2 is 1.93 bits per heavy atom. The van der Waals surface area contributed by atoms with Crippen molar-refractivity contribution in [2.24, 2.45) is 5.92 Å². The van der Waals surface area contributed by atoms with Gasteiger partial charge in [0.25, 0.3) is 0 Å². The molecule has 0 aliphatic rings. The van der Waals surface area contributed by atoms with Crippen molar-refractivity contribution in [1.29, 1.82) is 0 Å². The monoisotopic (exact) mass is 252 g/mol. The predicted octanol–water partition coefficient (Wildman–Crippen LogP) is 1.92. The van der Waals surface area contributed by atoms with Gasteiger partial charge in [0.1, 0.15) is 0 Å². The Balaban J connectivity index is 3.72. The molecule has 3 nitrogen and oxygen atoms in total. The average Bonchev–Trinajstić information content (AvgIpc) is 2.21. The van der Waals surface area contributed by atoms with Crippen LogP contribution in [0.5, 0.6) is 0 Å². The van der Waals surface area contributed by atoms with E-state index in [2.05, 4.69) is 6.92 Å². The second-order valence-corrected chi connectivity index (χ2v) is 5.78. The van der Waals surface area contributed by atoms with Gasteiger partial charge in [0.05, 0.1) is 0 Å². The van der Waals surface area contributed by atoms with Gasteiger partial charge in [-0.15, -0.1) is 0 Å². The Bertz CT molecular complexity index is 142. The third-order valence-electron chi connectivity index (χ3n) is 2.38. The van der Waals surface area contributed by atoms with Crippen LogP contribution >= 0.6 is 0 Å². The SMILES string of the molecule is CCC(CCCCO)[CH](O)[Ti][O]C(C)C. The first kappa shape index (κ1) is 15.6. The Kier molecular flexibility index (Phi) is 10.2. The molecule has 0 aromatic carbocycles. The maximum atomic E-state index is 9.93. The molecule has 90 valence electrons. The van der Waals surface area contributed by atoms with E-state index < -0.39 is 19.5 Å². The van der Waals surface area contributed by atoms with Crippen molar-refractivity contribution in [1.82, 2.24) is 0 Å². The van der Waals surface area contributed by atoms with Crippen LogP contribution in [0.25, 0.3) is 0 Å². The summed E-state index contributed by atoms with van der Waals surface area (Å²) in [6, 6.07) is 0. The van der Waals surface area contributed by atoms with Gasteiger partial charge in [-0.05, 0) is 0 Å². The molecule has 0 aliphatic carbocycles. The van der Waals surface area contributed by atoms with Gasteiger partial charge in [0.2, 0.25) is 0 Å². The zero-order valence-electron chi connectivity index (χ0n) is 10.1. The molecular formula is C11H24O3Ti. The topological polar surface area (TPSA) is 49.7 Å². The summed E-state index contributed by atoms with van der Waals surface area (Å²) in [7, 11) is 0. The Labute approximate surface area is 103 Å². The summed E-state index contributed by atoms with van der Waals surface area (Å²) in [4.78, 5) is 0. The van der Waals surface area contributed by atoms with Gasteiger partial charge in [0.15, 0.2) is 0 Å². The number of aliphatic hydroxyl groups is 2. The van der Waals surface area contributed by atoms with Gasteiger partial charge in [-0.2, -0.15) is 0 Å². The minimum atomic E-state index is -0.688. The molecule has 0 saturated carbocycles. The van der Waals surface area contributed by atoms with Gasteiger partial charge in [0, 0.05) is 0 Å². The van der Waals surface area contributed by atoms with Crippen molar-refractivity contribution in [3.63, 3.8) is 0 Å². The van der Waals surface area contributed by atoms with E-state index in [1.807, 2.05) is 13.8 Å². The van der Waals surface area contributed by atoms with Crippen LogP contribution < -0.4 is 0 Å². The van der Waals surface area contributed by atoms with Crippen molar-refractivity contribution in [2.45, 2.75) is 57.0 Å². The summed E-state index contributed by atoms with van der Waals surface area (Å²) in [5, 5.41) is 18.6. The van der Waals surface area contributed by atoms with E-state index in [0.29, 0.717) is 5.92 Å². The summed E-state index contributed by atoms with van der Waals surface area (Å²) in [5.74, 6) is 0.357. The van der Waals surface area contributed by atoms with E-state index in [-0.39, 0.29) is 17.1 Å². The molecule has 15 heavy (non-hydrogen) atoms. The van der Waals surface area contributed by atoms with Crippen LogP contribution in [0.4, 0.5) is 0 Å². The summed E-state index contributed by atoms with van der Waals surface area (Å²) in [6.07, 6.45) is 4.07. The van der Waals surface area contributed by atoms with E-state index in [4.69, 9.17) is 8.42 Å². The first-order chi connectivity index (χ1) is 7.11. The predicted molar refractivity (Wildman–Crippen MR) is 56.9 cm³/mol. The van der Waals surface area contributed by atoms with Crippen LogP contribution in [0.2, 0.25) is 0 Å².